The van der Waals surface area contributed by atoms with E-state index < -0.39 is 17.5 Å². The summed E-state index contributed by atoms with van der Waals surface area (Å²) in [6.45, 7) is 0. The van der Waals surface area contributed by atoms with E-state index in [0.29, 0.717) is 33.2 Å². The first-order chi connectivity index (χ1) is 15.8. The molecule has 0 unspecified atom stereocenters. The number of rotatable bonds is 4. The number of fused-ring (bicyclic) bond motifs is 2. The van der Waals surface area contributed by atoms with E-state index in [-0.39, 0.29) is 28.3 Å². The summed E-state index contributed by atoms with van der Waals surface area (Å²) in [5.41, 5.74) is 1.92. The quantitative estimate of drug-likeness (QED) is 0.387. The third-order valence-corrected chi connectivity index (χ3v) is 5.80. The van der Waals surface area contributed by atoms with Gasteiger partial charge in [0.2, 0.25) is 0 Å². The fourth-order valence-corrected chi connectivity index (χ4v) is 4.30. The average molecular weight is 440 g/mol. The van der Waals surface area contributed by atoms with E-state index in [9.17, 15) is 29.4 Å². The van der Waals surface area contributed by atoms with Crippen LogP contribution in [0, 0.1) is 0 Å². The molecule has 3 N–H and O–H groups in total. The van der Waals surface area contributed by atoms with Crippen LogP contribution in [0.3, 0.4) is 0 Å². The third-order valence-electron chi connectivity index (χ3n) is 5.80. The predicted molar refractivity (Wildman–Crippen MR) is 122 cm³/mol. The first kappa shape index (κ1) is 20.2. The number of hydrogen-bond acceptors (Lipinski definition) is 5. The number of pyridine rings is 1. The van der Waals surface area contributed by atoms with Crippen LogP contribution in [0.2, 0.25) is 0 Å². The van der Waals surface area contributed by atoms with E-state index in [2.05, 4.69) is 5.32 Å². The van der Waals surface area contributed by atoms with Gasteiger partial charge in [0.1, 0.15) is 5.69 Å². The van der Waals surface area contributed by atoms with Crippen molar-refractivity contribution in [2.45, 2.75) is 0 Å². The Balaban J connectivity index is 1.85. The van der Waals surface area contributed by atoms with E-state index in [1.807, 2.05) is 0 Å². The summed E-state index contributed by atoms with van der Waals surface area (Å²) in [6, 6.07) is 15.7. The van der Waals surface area contributed by atoms with Crippen LogP contribution >= 0.6 is 0 Å². The number of aromatic nitrogens is 1. The molecule has 33 heavy (non-hydrogen) atoms. The molecule has 0 spiro atoms. The zero-order valence-corrected chi connectivity index (χ0v) is 17.2. The lowest BCUT2D eigenvalue weighted by Gasteiger charge is -2.24. The molecule has 0 amide bonds. The summed E-state index contributed by atoms with van der Waals surface area (Å²) < 4.78 is 1.41. The standard InChI is InChI=1S/C25H16N2O6/c1-27-18-8-4-7-17-19(18)20(15-5-2-3-6-16(15)22(17)28)21(23(27)29)26-14-10-12(24(30)31)9-13(11-14)25(32)33/h2-11,26H,1H3,(H,30,31)(H,32,33). The molecule has 0 fully saturated rings. The molecular formula is C25H16N2O6. The number of nitrogens with one attached hydrogen (secondary N) is 1. The van der Waals surface area contributed by atoms with Crippen LogP contribution in [0.1, 0.15) is 36.6 Å². The molecule has 1 aliphatic carbocycles. The van der Waals surface area contributed by atoms with Crippen molar-refractivity contribution in [2.75, 3.05) is 5.32 Å². The van der Waals surface area contributed by atoms with E-state index in [0.717, 1.165) is 6.07 Å². The number of aromatic carboxylic acids is 2. The summed E-state index contributed by atoms with van der Waals surface area (Å²) in [5, 5.41) is 22.4. The normalized spacial score (nSPS) is 11.8. The van der Waals surface area contributed by atoms with Gasteiger partial charge in [0.15, 0.2) is 5.78 Å². The highest BCUT2D eigenvalue weighted by Gasteiger charge is 2.29. The molecular weight excluding hydrogens is 424 g/mol. The third kappa shape index (κ3) is 3.00. The molecule has 4 aromatic rings. The lowest BCUT2D eigenvalue weighted by atomic mass is 9.83. The fourth-order valence-electron chi connectivity index (χ4n) is 4.30. The van der Waals surface area contributed by atoms with Gasteiger partial charge in [-0.2, -0.15) is 0 Å². The van der Waals surface area contributed by atoms with Gasteiger partial charge < -0.3 is 20.1 Å². The molecule has 0 saturated heterocycles. The first-order valence-corrected chi connectivity index (χ1v) is 9.96. The van der Waals surface area contributed by atoms with Crippen LogP contribution in [0.15, 0.2) is 65.5 Å². The maximum Gasteiger partial charge on any atom is 0.335 e. The molecule has 8 nitrogen and oxygen atoms in total. The van der Waals surface area contributed by atoms with E-state index in [4.69, 9.17) is 0 Å². The van der Waals surface area contributed by atoms with Gasteiger partial charge in [0.05, 0.1) is 16.6 Å². The number of benzene rings is 3. The van der Waals surface area contributed by atoms with Gasteiger partial charge >= 0.3 is 11.9 Å². The number of carboxylic acid groups (broad SMARTS) is 2. The fraction of sp³-hybridized carbons (Fsp3) is 0.0400. The van der Waals surface area contributed by atoms with Gasteiger partial charge in [-0.15, -0.1) is 0 Å². The smallest absolute Gasteiger partial charge is 0.335 e. The van der Waals surface area contributed by atoms with Crippen molar-refractivity contribution in [3.63, 3.8) is 0 Å². The summed E-state index contributed by atoms with van der Waals surface area (Å²) in [6.07, 6.45) is 0. The summed E-state index contributed by atoms with van der Waals surface area (Å²) in [5.74, 6) is -2.76. The molecule has 5 rings (SSSR count). The SMILES string of the molecule is Cn1c(=O)c(Nc2cc(C(=O)O)cc(C(=O)O)c2)c2c3c(cccc31)C(=O)c1ccccc1-2. The van der Waals surface area contributed by atoms with Crippen molar-refractivity contribution in [3.8, 4) is 11.1 Å². The maximum atomic E-state index is 13.4. The monoisotopic (exact) mass is 440 g/mol. The maximum absolute atomic E-state index is 13.4. The van der Waals surface area contributed by atoms with Crippen molar-refractivity contribution >= 4 is 40.0 Å². The highest BCUT2D eigenvalue weighted by Crippen LogP contribution is 2.42. The summed E-state index contributed by atoms with van der Waals surface area (Å²) in [4.78, 5) is 49.6. The Hall–Kier alpha value is -4.72. The Bertz CT molecular complexity index is 1570. The Kier molecular flexibility index (Phi) is 4.39. The molecule has 0 bridgehead atoms. The lowest BCUT2D eigenvalue weighted by Crippen LogP contribution is -2.24. The second kappa shape index (κ2) is 7.16. The van der Waals surface area contributed by atoms with E-state index in [1.165, 1.54) is 16.7 Å². The second-order valence-electron chi connectivity index (χ2n) is 7.72. The van der Waals surface area contributed by atoms with Gasteiger partial charge in [-0.25, -0.2) is 9.59 Å². The summed E-state index contributed by atoms with van der Waals surface area (Å²) >= 11 is 0. The largest absolute Gasteiger partial charge is 0.478 e. The molecule has 1 heterocycles. The van der Waals surface area contributed by atoms with Crippen molar-refractivity contribution in [1.29, 1.82) is 0 Å². The van der Waals surface area contributed by atoms with Crippen LogP contribution in [0.25, 0.3) is 22.0 Å². The topological polar surface area (TPSA) is 126 Å². The highest BCUT2D eigenvalue weighted by molar-refractivity contribution is 6.27. The minimum atomic E-state index is -1.30. The summed E-state index contributed by atoms with van der Waals surface area (Å²) in [7, 11) is 1.58. The number of anilines is 2. The zero-order chi connectivity index (χ0) is 23.4. The number of nitrogens with zero attached hydrogens (tertiary/aromatic N) is 1. The molecule has 0 aliphatic heterocycles. The highest BCUT2D eigenvalue weighted by atomic mass is 16.4. The van der Waals surface area contributed by atoms with Crippen LogP contribution < -0.4 is 10.9 Å². The second-order valence-corrected chi connectivity index (χ2v) is 7.72. The first-order valence-electron chi connectivity index (χ1n) is 9.96. The van der Waals surface area contributed by atoms with Crippen molar-refractivity contribution in [1.82, 2.24) is 4.57 Å². The van der Waals surface area contributed by atoms with Crippen LogP contribution in [0.4, 0.5) is 11.4 Å². The minimum Gasteiger partial charge on any atom is -0.478 e. The van der Waals surface area contributed by atoms with Gasteiger partial charge in [-0.3, -0.25) is 9.59 Å². The molecule has 3 aromatic carbocycles. The van der Waals surface area contributed by atoms with Gasteiger partial charge in [-0.05, 0) is 29.8 Å². The molecule has 0 radical (unpaired) electrons. The molecule has 0 saturated carbocycles. The van der Waals surface area contributed by atoms with Crippen LogP contribution in [-0.2, 0) is 7.05 Å². The molecule has 162 valence electrons. The van der Waals surface area contributed by atoms with Gasteiger partial charge in [0, 0.05) is 34.8 Å². The van der Waals surface area contributed by atoms with Crippen molar-refractivity contribution in [3.05, 3.63) is 93.3 Å². The predicted octanol–water partition coefficient (Wildman–Crippen LogP) is 3.89. The number of carbonyl (C=O) groups is 3. The number of carbonyl (C=O) groups excluding carboxylic acids is 1. The Labute approximate surface area is 186 Å². The molecule has 1 aromatic heterocycles. The van der Waals surface area contributed by atoms with Crippen LogP contribution in [-0.4, -0.2) is 32.5 Å². The Morgan fingerprint density at radius 1 is 0.818 bits per heavy atom. The number of aryl methyl sites for hydroxylation is 1. The van der Waals surface area contributed by atoms with Gasteiger partial charge in [0.25, 0.3) is 5.56 Å². The van der Waals surface area contributed by atoms with E-state index in [1.54, 1.807) is 49.5 Å². The Morgan fingerprint density at radius 2 is 1.42 bits per heavy atom. The average Bonchev–Trinajstić information content (AvgIpc) is 2.81. The number of carboxylic acids is 2. The number of hydrogen-bond donors (Lipinski definition) is 3. The Morgan fingerprint density at radius 3 is 2.06 bits per heavy atom. The zero-order valence-electron chi connectivity index (χ0n) is 17.2. The van der Waals surface area contributed by atoms with Gasteiger partial charge in [-0.1, -0.05) is 36.4 Å². The van der Waals surface area contributed by atoms with Crippen molar-refractivity contribution in [2.24, 2.45) is 7.05 Å². The lowest BCUT2D eigenvalue weighted by molar-refractivity contribution is 0.0696. The van der Waals surface area contributed by atoms with Crippen molar-refractivity contribution < 1.29 is 24.6 Å². The van der Waals surface area contributed by atoms with Crippen LogP contribution in [0.5, 0.6) is 0 Å². The van der Waals surface area contributed by atoms with E-state index >= 15 is 0 Å². The molecule has 1 aliphatic rings. The molecule has 0 atom stereocenters. The number of ketones is 1. The molecule has 8 heteroatoms. The minimum absolute atomic E-state index is 0.122.